The first-order chi connectivity index (χ1) is 17.9. The Morgan fingerprint density at radius 1 is 0.919 bits per heavy atom. The van der Waals surface area contributed by atoms with Crippen molar-refractivity contribution in [1.29, 1.82) is 0 Å². The van der Waals surface area contributed by atoms with Crippen molar-refractivity contribution in [1.82, 2.24) is 4.90 Å². The van der Waals surface area contributed by atoms with Gasteiger partial charge in [0, 0.05) is 17.8 Å². The molecule has 0 bridgehead atoms. The van der Waals surface area contributed by atoms with Crippen molar-refractivity contribution in [3.63, 3.8) is 0 Å². The summed E-state index contributed by atoms with van der Waals surface area (Å²) in [5.41, 5.74) is 3.04. The van der Waals surface area contributed by atoms with Crippen LogP contribution in [0.2, 0.25) is 0 Å². The van der Waals surface area contributed by atoms with Gasteiger partial charge in [0.05, 0.1) is 46.5 Å². The summed E-state index contributed by atoms with van der Waals surface area (Å²) in [7, 11) is 5.84. The van der Waals surface area contributed by atoms with Gasteiger partial charge in [0.1, 0.15) is 0 Å². The zero-order chi connectivity index (χ0) is 26.5. The molecule has 0 fully saturated rings. The molecule has 1 aliphatic rings. The van der Waals surface area contributed by atoms with Crippen molar-refractivity contribution in [2.75, 3.05) is 33.8 Å². The molecule has 1 N–H and O–H groups in total. The van der Waals surface area contributed by atoms with Gasteiger partial charge in [-0.15, -0.1) is 0 Å². The highest BCUT2D eigenvalue weighted by molar-refractivity contribution is 5.99. The number of hydrogen-bond donors (Lipinski definition) is 1. The maximum absolute atomic E-state index is 13.4. The molecule has 9 heteroatoms. The van der Waals surface area contributed by atoms with E-state index in [2.05, 4.69) is 5.32 Å². The Morgan fingerprint density at radius 2 is 1.57 bits per heavy atom. The fourth-order valence-corrected chi connectivity index (χ4v) is 4.43. The number of rotatable bonds is 9. The molecule has 3 aromatic carbocycles. The van der Waals surface area contributed by atoms with Crippen molar-refractivity contribution in [2.24, 2.45) is 0 Å². The van der Waals surface area contributed by atoms with Gasteiger partial charge in [-0.1, -0.05) is 18.2 Å². The van der Waals surface area contributed by atoms with Crippen LogP contribution in [-0.2, 0) is 16.1 Å². The number of amides is 2. The third kappa shape index (κ3) is 5.20. The Balaban J connectivity index is 1.66. The van der Waals surface area contributed by atoms with Gasteiger partial charge in [-0.25, -0.2) is 4.79 Å². The number of benzene rings is 3. The van der Waals surface area contributed by atoms with Crippen LogP contribution in [0.25, 0.3) is 0 Å². The van der Waals surface area contributed by atoms with E-state index >= 15 is 0 Å². The molecule has 0 aromatic heterocycles. The number of esters is 1. The van der Waals surface area contributed by atoms with E-state index in [0.717, 1.165) is 5.56 Å². The van der Waals surface area contributed by atoms with E-state index < -0.39 is 12.0 Å². The SMILES string of the molecule is COC(=O)c1ccc(NC(=O)C[C@@H](c2cc(OC)c(OC)c(OC)c2)N2Cc3ccccc3C2=O)cc1. The minimum absolute atomic E-state index is 0.0306. The summed E-state index contributed by atoms with van der Waals surface area (Å²) in [6, 6.07) is 16.6. The van der Waals surface area contributed by atoms with Crippen molar-refractivity contribution in [3.05, 3.63) is 82.9 Å². The standard InChI is InChI=1S/C28H28N2O7/c1-34-23-13-19(14-24(35-2)26(23)36-3)22(30-16-18-7-5-6-8-21(18)27(30)32)15-25(31)29-20-11-9-17(10-12-20)28(33)37-4/h5-14,22H,15-16H2,1-4H3,(H,29,31)/t22-/m0/s1. The van der Waals surface area contributed by atoms with Gasteiger partial charge in [-0.2, -0.15) is 0 Å². The summed E-state index contributed by atoms with van der Waals surface area (Å²) in [5.74, 6) is 0.318. The normalized spacial score (nSPS) is 13.0. The Bertz CT molecular complexity index is 1300. The summed E-state index contributed by atoms with van der Waals surface area (Å²) < 4.78 is 21.2. The number of ether oxygens (including phenoxy) is 4. The van der Waals surface area contributed by atoms with Crippen LogP contribution in [0.4, 0.5) is 5.69 Å². The molecule has 0 radical (unpaired) electrons. The zero-order valence-electron chi connectivity index (χ0n) is 21.1. The third-order valence-corrected chi connectivity index (χ3v) is 6.27. The van der Waals surface area contributed by atoms with Crippen molar-refractivity contribution in [2.45, 2.75) is 19.0 Å². The van der Waals surface area contributed by atoms with Gasteiger partial charge >= 0.3 is 5.97 Å². The third-order valence-electron chi connectivity index (χ3n) is 6.27. The fraction of sp³-hybridized carbons (Fsp3) is 0.250. The molecular weight excluding hydrogens is 476 g/mol. The maximum Gasteiger partial charge on any atom is 0.337 e. The monoisotopic (exact) mass is 504 g/mol. The number of nitrogens with zero attached hydrogens (tertiary/aromatic N) is 1. The van der Waals surface area contributed by atoms with Gasteiger partial charge in [-0.05, 0) is 53.6 Å². The van der Waals surface area contributed by atoms with Crippen molar-refractivity contribution >= 4 is 23.5 Å². The van der Waals surface area contributed by atoms with Crippen LogP contribution >= 0.6 is 0 Å². The number of hydrogen-bond acceptors (Lipinski definition) is 7. The molecule has 1 heterocycles. The van der Waals surface area contributed by atoms with Gasteiger partial charge in [0.2, 0.25) is 11.7 Å². The summed E-state index contributed by atoms with van der Waals surface area (Å²) in [6.45, 7) is 0.359. The highest BCUT2D eigenvalue weighted by atomic mass is 16.5. The lowest BCUT2D eigenvalue weighted by Crippen LogP contribution is -2.32. The molecule has 0 saturated heterocycles. The Morgan fingerprint density at radius 3 is 2.14 bits per heavy atom. The number of nitrogens with one attached hydrogen (secondary N) is 1. The van der Waals surface area contributed by atoms with Crippen LogP contribution in [-0.4, -0.2) is 51.1 Å². The fourth-order valence-electron chi connectivity index (χ4n) is 4.43. The largest absolute Gasteiger partial charge is 0.493 e. The average molecular weight is 505 g/mol. The van der Waals surface area contributed by atoms with Gasteiger partial charge in [0.25, 0.3) is 5.91 Å². The van der Waals surface area contributed by atoms with Crippen molar-refractivity contribution < 1.29 is 33.3 Å². The summed E-state index contributed by atoms with van der Waals surface area (Å²) in [5, 5.41) is 2.85. The minimum atomic E-state index is -0.622. The molecule has 37 heavy (non-hydrogen) atoms. The van der Waals surface area contributed by atoms with Gasteiger partial charge in [0.15, 0.2) is 11.5 Å². The Labute approximate surface area is 214 Å². The number of methoxy groups -OCH3 is 4. The van der Waals surface area contributed by atoms with Crippen LogP contribution in [0.3, 0.4) is 0 Å². The Kier molecular flexibility index (Phi) is 7.62. The zero-order valence-corrected chi connectivity index (χ0v) is 21.1. The van der Waals surface area contributed by atoms with E-state index in [-0.39, 0.29) is 18.2 Å². The summed E-state index contributed by atoms with van der Waals surface area (Å²) in [4.78, 5) is 40.0. The topological polar surface area (TPSA) is 103 Å². The number of carbonyl (C=O) groups is 3. The second kappa shape index (κ2) is 11.0. The van der Waals surface area contributed by atoms with E-state index in [4.69, 9.17) is 18.9 Å². The van der Waals surface area contributed by atoms with Crippen molar-refractivity contribution in [3.8, 4) is 17.2 Å². The lowest BCUT2D eigenvalue weighted by atomic mass is 10.00. The van der Waals surface area contributed by atoms with E-state index in [1.807, 2.05) is 18.2 Å². The highest BCUT2D eigenvalue weighted by Gasteiger charge is 2.35. The molecule has 4 rings (SSSR count). The highest BCUT2D eigenvalue weighted by Crippen LogP contribution is 2.43. The summed E-state index contributed by atoms with van der Waals surface area (Å²) >= 11 is 0. The smallest absolute Gasteiger partial charge is 0.337 e. The van der Waals surface area contributed by atoms with Crippen LogP contribution in [0.15, 0.2) is 60.7 Å². The van der Waals surface area contributed by atoms with Crippen LogP contribution in [0, 0.1) is 0 Å². The number of carbonyl (C=O) groups excluding carboxylic acids is 3. The molecule has 9 nitrogen and oxygen atoms in total. The number of fused-ring (bicyclic) bond motifs is 1. The molecule has 3 aromatic rings. The van der Waals surface area contributed by atoms with Crippen LogP contribution in [0.1, 0.15) is 44.3 Å². The second-order valence-electron chi connectivity index (χ2n) is 8.39. The van der Waals surface area contributed by atoms with Crippen LogP contribution < -0.4 is 19.5 Å². The maximum atomic E-state index is 13.4. The second-order valence-corrected chi connectivity index (χ2v) is 8.39. The minimum Gasteiger partial charge on any atom is -0.493 e. The van der Waals surface area contributed by atoms with E-state index in [9.17, 15) is 14.4 Å². The van der Waals surface area contributed by atoms with E-state index in [0.29, 0.717) is 46.2 Å². The molecule has 2 amide bonds. The lowest BCUT2D eigenvalue weighted by Gasteiger charge is -2.29. The van der Waals surface area contributed by atoms with E-state index in [1.165, 1.54) is 28.4 Å². The molecule has 1 aliphatic heterocycles. The van der Waals surface area contributed by atoms with Gasteiger partial charge in [-0.3, -0.25) is 9.59 Å². The predicted octanol–water partition coefficient (Wildman–Crippen LogP) is 4.22. The van der Waals surface area contributed by atoms with Crippen LogP contribution in [0.5, 0.6) is 17.2 Å². The summed E-state index contributed by atoms with van der Waals surface area (Å²) in [6.07, 6.45) is -0.0306. The molecule has 0 spiro atoms. The first kappa shape index (κ1) is 25.6. The Hall–Kier alpha value is -4.53. The van der Waals surface area contributed by atoms with E-state index in [1.54, 1.807) is 47.4 Å². The first-order valence-electron chi connectivity index (χ1n) is 11.6. The molecular formula is C28H28N2O7. The molecule has 0 saturated carbocycles. The first-order valence-corrected chi connectivity index (χ1v) is 11.6. The molecule has 0 aliphatic carbocycles. The predicted molar refractivity (Wildman–Crippen MR) is 136 cm³/mol. The molecule has 192 valence electrons. The van der Waals surface area contributed by atoms with Gasteiger partial charge < -0.3 is 29.2 Å². The molecule has 0 unspecified atom stereocenters. The quantitative estimate of drug-likeness (QED) is 0.435. The molecule has 1 atom stereocenters. The number of anilines is 1. The average Bonchev–Trinajstić information content (AvgIpc) is 3.26. The lowest BCUT2D eigenvalue weighted by molar-refractivity contribution is -0.117.